The van der Waals surface area contributed by atoms with Crippen molar-refractivity contribution in [2.75, 3.05) is 14.2 Å². The Morgan fingerprint density at radius 1 is 0.862 bits per heavy atom. The first-order chi connectivity index (χ1) is 14.3. The molecular formula is C24H25N3O2. The first kappa shape index (κ1) is 19.2. The Hall–Kier alpha value is -3.18. The molecule has 148 valence electrons. The highest BCUT2D eigenvalue weighted by molar-refractivity contribution is 5.86. The SMILES string of the molecule is COCc1nc2c(CCc3ccncc3)ccc(OC)c2n1Cc1ccccc1. The quantitative estimate of drug-likeness (QED) is 0.449. The van der Waals surface area contributed by atoms with E-state index < -0.39 is 0 Å². The molecule has 5 nitrogen and oxygen atoms in total. The molecular weight excluding hydrogens is 362 g/mol. The van der Waals surface area contributed by atoms with E-state index in [4.69, 9.17) is 14.5 Å². The summed E-state index contributed by atoms with van der Waals surface area (Å²) in [5.74, 6) is 1.74. The molecule has 0 atom stereocenters. The van der Waals surface area contributed by atoms with Gasteiger partial charge in [-0.25, -0.2) is 4.98 Å². The van der Waals surface area contributed by atoms with Gasteiger partial charge in [0.1, 0.15) is 23.7 Å². The molecule has 29 heavy (non-hydrogen) atoms. The van der Waals surface area contributed by atoms with Crippen LogP contribution in [0.3, 0.4) is 0 Å². The van der Waals surface area contributed by atoms with Gasteiger partial charge in [-0.2, -0.15) is 0 Å². The Morgan fingerprint density at radius 2 is 1.66 bits per heavy atom. The van der Waals surface area contributed by atoms with E-state index in [-0.39, 0.29) is 0 Å². The molecule has 0 unspecified atom stereocenters. The summed E-state index contributed by atoms with van der Waals surface area (Å²) >= 11 is 0. The van der Waals surface area contributed by atoms with Crippen LogP contribution < -0.4 is 4.74 Å². The number of ether oxygens (including phenoxy) is 2. The van der Waals surface area contributed by atoms with Crippen LogP contribution in [0.1, 0.15) is 22.5 Å². The predicted molar refractivity (Wildman–Crippen MR) is 114 cm³/mol. The van der Waals surface area contributed by atoms with E-state index >= 15 is 0 Å². The molecule has 2 heterocycles. The van der Waals surface area contributed by atoms with E-state index in [0.717, 1.165) is 42.0 Å². The van der Waals surface area contributed by atoms with Crippen molar-refractivity contribution in [1.29, 1.82) is 0 Å². The molecule has 2 aromatic carbocycles. The van der Waals surface area contributed by atoms with E-state index in [9.17, 15) is 0 Å². The number of aryl methyl sites for hydroxylation is 2. The average molecular weight is 387 g/mol. The smallest absolute Gasteiger partial charge is 0.144 e. The van der Waals surface area contributed by atoms with Crippen molar-refractivity contribution < 1.29 is 9.47 Å². The van der Waals surface area contributed by atoms with E-state index in [1.165, 1.54) is 16.7 Å². The molecule has 0 saturated carbocycles. The van der Waals surface area contributed by atoms with E-state index in [1.807, 2.05) is 24.5 Å². The standard InChI is InChI=1S/C24H25N3O2/c1-28-17-22-26-23-20(9-8-18-12-14-25-15-13-18)10-11-21(29-2)24(23)27(22)16-19-6-4-3-5-7-19/h3-7,10-15H,8-9,16-17H2,1-2H3. The second kappa shape index (κ2) is 8.88. The highest BCUT2D eigenvalue weighted by Crippen LogP contribution is 2.31. The van der Waals surface area contributed by atoms with Crippen LogP contribution in [0.25, 0.3) is 11.0 Å². The third-order valence-electron chi connectivity index (χ3n) is 5.13. The van der Waals surface area contributed by atoms with E-state index in [0.29, 0.717) is 6.61 Å². The van der Waals surface area contributed by atoms with Gasteiger partial charge in [-0.05, 0) is 47.7 Å². The lowest BCUT2D eigenvalue weighted by molar-refractivity contribution is 0.175. The second-order valence-corrected chi connectivity index (χ2v) is 7.01. The summed E-state index contributed by atoms with van der Waals surface area (Å²) in [6, 6.07) is 18.7. The van der Waals surface area contributed by atoms with Crippen molar-refractivity contribution in [3.63, 3.8) is 0 Å². The fourth-order valence-corrected chi connectivity index (χ4v) is 3.68. The number of benzene rings is 2. The van der Waals surface area contributed by atoms with E-state index in [1.54, 1.807) is 14.2 Å². The number of rotatable bonds is 8. The normalized spacial score (nSPS) is 11.1. The number of aromatic nitrogens is 3. The molecule has 0 aliphatic rings. The summed E-state index contributed by atoms with van der Waals surface area (Å²) in [5.41, 5.74) is 5.71. The summed E-state index contributed by atoms with van der Waals surface area (Å²) in [4.78, 5) is 9.07. The molecule has 4 aromatic rings. The van der Waals surface area contributed by atoms with Crippen LogP contribution in [0, 0.1) is 0 Å². The highest BCUT2D eigenvalue weighted by atomic mass is 16.5. The van der Waals surface area contributed by atoms with Gasteiger partial charge in [-0.1, -0.05) is 36.4 Å². The van der Waals surface area contributed by atoms with Crippen molar-refractivity contribution in [2.24, 2.45) is 0 Å². The lowest BCUT2D eigenvalue weighted by atomic mass is 10.0. The van der Waals surface area contributed by atoms with Gasteiger partial charge in [0.25, 0.3) is 0 Å². The summed E-state index contributed by atoms with van der Waals surface area (Å²) in [7, 11) is 3.41. The van der Waals surface area contributed by atoms with Crippen LogP contribution in [0.5, 0.6) is 5.75 Å². The number of imidazole rings is 1. The van der Waals surface area contributed by atoms with Crippen LogP contribution in [-0.4, -0.2) is 28.8 Å². The number of hydrogen-bond acceptors (Lipinski definition) is 4. The Balaban J connectivity index is 1.77. The van der Waals surface area contributed by atoms with Crippen molar-refractivity contribution in [3.8, 4) is 5.75 Å². The van der Waals surface area contributed by atoms with Gasteiger partial charge in [0.15, 0.2) is 0 Å². The van der Waals surface area contributed by atoms with E-state index in [2.05, 4.69) is 52.0 Å². The number of pyridine rings is 1. The van der Waals surface area contributed by atoms with Crippen LogP contribution >= 0.6 is 0 Å². The first-order valence-corrected chi connectivity index (χ1v) is 9.77. The molecule has 0 fully saturated rings. The Bertz CT molecular complexity index is 1080. The van der Waals surface area contributed by atoms with Gasteiger partial charge >= 0.3 is 0 Å². The minimum absolute atomic E-state index is 0.453. The molecule has 0 bridgehead atoms. The van der Waals surface area contributed by atoms with Crippen molar-refractivity contribution in [2.45, 2.75) is 26.0 Å². The Kier molecular flexibility index (Phi) is 5.86. The minimum atomic E-state index is 0.453. The largest absolute Gasteiger partial charge is 0.494 e. The van der Waals surface area contributed by atoms with Gasteiger partial charge in [-0.3, -0.25) is 4.98 Å². The fraction of sp³-hybridized carbons (Fsp3) is 0.250. The zero-order chi connectivity index (χ0) is 20.1. The maximum atomic E-state index is 5.71. The lowest BCUT2D eigenvalue weighted by Crippen LogP contribution is -2.06. The Morgan fingerprint density at radius 3 is 2.38 bits per heavy atom. The topological polar surface area (TPSA) is 49.2 Å². The van der Waals surface area contributed by atoms with Crippen LogP contribution in [0.2, 0.25) is 0 Å². The first-order valence-electron chi connectivity index (χ1n) is 9.77. The van der Waals surface area contributed by atoms with Gasteiger partial charge in [0.05, 0.1) is 12.6 Å². The number of hydrogen-bond donors (Lipinski definition) is 0. The van der Waals surface area contributed by atoms with Crippen molar-refractivity contribution >= 4 is 11.0 Å². The van der Waals surface area contributed by atoms with Gasteiger partial charge in [-0.15, -0.1) is 0 Å². The molecule has 0 N–H and O–H groups in total. The molecule has 0 spiro atoms. The second-order valence-electron chi connectivity index (χ2n) is 7.01. The van der Waals surface area contributed by atoms with Crippen LogP contribution in [-0.2, 0) is 30.7 Å². The summed E-state index contributed by atoms with van der Waals surface area (Å²) in [6.07, 6.45) is 5.52. The monoisotopic (exact) mass is 387 g/mol. The zero-order valence-corrected chi connectivity index (χ0v) is 16.8. The number of methoxy groups -OCH3 is 2. The summed E-state index contributed by atoms with van der Waals surface area (Å²) in [5, 5.41) is 0. The zero-order valence-electron chi connectivity index (χ0n) is 16.8. The molecule has 0 aliphatic carbocycles. The third kappa shape index (κ3) is 4.15. The van der Waals surface area contributed by atoms with Crippen molar-refractivity contribution in [3.05, 3.63) is 89.5 Å². The Labute approximate surface area is 171 Å². The van der Waals surface area contributed by atoms with Crippen molar-refractivity contribution in [1.82, 2.24) is 14.5 Å². The minimum Gasteiger partial charge on any atom is -0.494 e. The predicted octanol–water partition coefficient (Wildman–Crippen LogP) is 4.42. The molecule has 5 heteroatoms. The molecule has 2 aromatic heterocycles. The van der Waals surface area contributed by atoms with Crippen LogP contribution in [0.15, 0.2) is 67.0 Å². The molecule has 4 rings (SSSR count). The molecule has 0 aliphatic heterocycles. The van der Waals surface area contributed by atoms with Gasteiger partial charge in [0.2, 0.25) is 0 Å². The highest BCUT2D eigenvalue weighted by Gasteiger charge is 2.18. The third-order valence-corrected chi connectivity index (χ3v) is 5.13. The average Bonchev–Trinajstić information content (AvgIpc) is 3.12. The van der Waals surface area contributed by atoms with Gasteiger partial charge in [0, 0.05) is 26.0 Å². The van der Waals surface area contributed by atoms with Crippen LogP contribution in [0.4, 0.5) is 0 Å². The summed E-state index contributed by atoms with van der Waals surface area (Å²) < 4.78 is 13.4. The maximum absolute atomic E-state index is 5.71. The number of fused-ring (bicyclic) bond motifs is 1. The maximum Gasteiger partial charge on any atom is 0.144 e. The molecule has 0 radical (unpaired) electrons. The fourth-order valence-electron chi connectivity index (χ4n) is 3.68. The summed E-state index contributed by atoms with van der Waals surface area (Å²) in [6.45, 7) is 1.18. The molecule has 0 saturated heterocycles. The van der Waals surface area contributed by atoms with Gasteiger partial charge < -0.3 is 14.0 Å². The lowest BCUT2D eigenvalue weighted by Gasteiger charge is -2.12. The molecule has 0 amide bonds. The number of nitrogens with zero attached hydrogens (tertiary/aromatic N) is 3.